The Morgan fingerprint density at radius 2 is 1.56 bits per heavy atom. The van der Waals surface area contributed by atoms with E-state index < -0.39 is 5.91 Å². The summed E-state index contributed by atoms with van der Waals surface area (Å²) in [7, 11) is 1.48. The van der Waals surface area contributed by atoms with Gasteiger partial charge >= 0.3 is 0 Å². The average Bonchev–Trinajstić information content (AvgIpc) is 2.42. The van der Waals surface area contributed by atoms with Crippen LogP contribution in [-0.2, 0) is 9.59 Å². The van der Waals surface area contributed by atoms with E-state index in [1.807, 2.05) is 0 Å². The van der Waals surface area contributed by atoms with Crippen LogP contribution in [0.5, 0.6) is 0 Å². The van der Waals surface area contributed by atoms with Gasteiger partial charge in [0, 0.05) is 12.6 Å². The van der Waals surface area contributed by atoms with Crippen molar-refractivity contribution in [3.63, 3.8) is 0 Å². The molecule has 0 aliphatic rings. The maximum atomic E-state index is 11.6. The minimum Gasteiger partial charge on any atom is -0.358 e. The lowest BCUT2D eigenvalue weighted by Crippen LogP contribution is -2.41. The standard InChI is InChI=1S/C12H15N3O3/c1-13-10(16)7-14-11(17)8-15-12(18)9-5-3-2-4-6-9/h2-6H,7-8H2,1H3,(H,13,16)(H,14,17)(H,15,18). The molecule has 96 valence electrons. The molecule has 0 spiro atoms. The van der Waals surface area contributed by atoms with Crippen LogP contribution in [0.25, 0.3) is 0 Å². The molecular weight excluding hydrogens is 234 g/mol. The van der Waals surface area contributed by atoms with Gasteiger partial charge in [-0.25, -0.2) is 0 Å². The van der Waals surface area contributed by atoms with E-state index in [0.717, 1.165) is 0 Å². The van der Waals surface area contributed by atoms with Gasteiger partial charge in [0.25, 0.3) is 5.91 Å². The number of hydrogen-bond donors (Lipinski definition) is 3. The Morgan fingerprint density at radius 1 is 0.944 bits per heavy atom. The number of carbonyl (C=O) groups is 3. The second kappa shape index (κ2) is 7.05. The molecule has 0 aromatic heterocycles. The number of carbonyl (C=O) groups excluding carboxylic acids is 3. The molecule has 0 saturated heterocycles. The lowest BCUT2D eigenvalue weighted by atomic mass is 10.2. The second-order valence-electron chi connectivity index (χ2n) is 3.50. The van der Waals surface area contributed by atoms with Crippen molar-refractivity contribution >= 4 is 17.7 Å². The van der Waals surface area contributed by atoms with Crippen molar-refractivity contribution in [2.75, 3.05) is 20.1 Å². The highest BCUT2D eigenvalue weighted by atomic mass is 16.2. The molecule has 0 aliphatic carbocycles. The first kappa shape index (κ1) is 13.7. The number of rotatable bonds is 5. The van der Waals surface area contributed by atoms with Crippen LogP contribution in [0.2, 0.25) is 0 Å². The predicted molar refractivity (Wildman–Crippen MR) is 65.9 cm³/mol. The molecule has 18 heavy (non-hydrogen) atoms. The molecule has 6 nitrogen and oxygen atoms in total. The number of likely N-dealkylation sites (N-methyl/N-ethyl adjacent to an activating group) is 1. The predicted octanol–water partition coefficient (Wildman–Crippen LogP) is -0.721. The fraction of sp³-hybridized carbons (Fsp3) is 0.250. The van der Waals surface area contributed by atoms with Crippen molar-refractivity contribution in [3.05, 3.63) is 35.9 Å². The molecule has 0 unspecified atom stereocenters. The van der Waals surface area contributed by atoms with Gasteiger partial charge in [-0.15, -0.1) is 0 Å². The number of benzene rings is 1. The first-order chi connectivity index (χ1) is 8.63. The van der Waals surface area contributed by atoms with E-state index in [4.69, 9.17) is 0 Å². The maximum Gasteiger partial charge on any atom is 0.251 e. The van der Waals surface area contributed by atoms with Gasteiger partial charge in [0.2, 0.25) is 11.8 Å². The fourth-order valence-corrected chi connectivity index (χ4v) is 1.18. The molecule has 0 saturated carbocycles. The number of nitrogens with one attached hydrogen (secondary N) is 3. The summed E-state index contributed by atoms with van der Waals surface area (Å²) in [5, 5.41) is 7.20. The van der Waals surface area contributed by atoms with Crippen LogP contribution in [0.3, 0.4) is 0 Å². The zero-order chi connectivity index (χ0) is 13.4. The Kier molecular flexibility index (Phi) is 5.37. The lowest BCUT2D eigenvalue weighted by Gasteiger charge is -2.06. The number of amides is 3. The van der Waals surface area contributed by atoms with Crippen molar-refractivity contribution in [1.82, 2.24) is 16.0 Å². The molecule has 1 rings (SSSR count). The molecule has 0 atom stereocenters. The van der Waals surface area contributed by atoms with E-state index in [1.165, 1.54) is 7.05 Å². The van der Waals surface area contributed by atoms with E-state index in [0.29, 0.717) is 5.56 Å². The summed E-state index contributed by atoms with van der Waals surface area (Å²) >= 11 is 0. The molecule has 3 amide bonds. The average molecular weight is 249 g/mol. The summed E-state index contributed by atoms with van der Waals surface area (Å²) in [5.41, 5.74) is 0.483. The summed E-state index contributed by atoms with van der Waals surface area (Å²) in [6.45, 7) is -0.263. The first-order valence-corrected chi connectivity index (χ1v) is 5.44. The van der Waals surface area contributed by atoms with Crippen LogP contribution in [0.15, 0.2) is 30.3 Å². The van der Waals surface area contributed by atoms with Crippen molar-refractivity contribution in [2.45, 2.75) is 0 Å². The Bertz CT molecular complexity index is 431. The van der Waals surface area contributed by atoms with Crippen molar-refractivity contribution in [3.8, 4) is 0 Å². The molecular formula is C12H15N3O3. The zero-order valence-electron chi connectivity index (χ0n) is 10.0. The Labute approximate surface area is 105 Å². The van der Waals surface area contributed by atoms with E-state index >= 15 is 0 Å². The van der Waals surface area contributed by atoms with Gasteiger partial charge in [-0.3, -0.25) is 14.4 Å². The summed E-state index contributed by atoms with van der Waals surface area (Å²) in [6.07, 6.45) is 0. The van der Waals surface area contributed by atoms with Gasteiger partial charge in [0.1, 0.15) is 0 Å². The molecule has 6 heteroatoms. The van der Waals surface area contributed by atoms with Crippen molar-refractivity contribution < 1.29 is 14.4 Å². The SMILES string of the molecule is CNC(=O)CNC(=O)CNC(=O)c1ccccc1. The molecule has 0 aliphatic heterocycles. The monoisotopic (exact) mass is 249 g/mol. The molecule has 3 N–H and O–H groups in total. The Hall–Kier alpha value is -2.37. The van der Waals surface area contributed by atoms with Crippen molar-refractivity contribution in [2.24, 2.45) is 0 Å². The molecule has 0 radical (unpaired) electrons. The molecule has 1 aromatic rings. The van der Waals surface area contributed by atoms with Gasteiger partial charge in [-0.1, -0.05) is 18.2 Å². The first-order valence-electron chi connectivity index (χ1n) is 5.44. The van der Waals surface area contributed by atoms with E-state index in [9.17, 15) is 14.4 Å². The fourth-order valence-electron chi connectivity index (χ4n) is 1.18. The molecule has 0 heterocycles. The van der Waals surface area contributed by atoms with Gasteiger partial charge < -0.3 is 16.0 Å². The van der Waals surface area contributed by atoms with E-state index in [-0.39, 0.29) is 24.9 Å². The van der Waals surface area contributed by atoms with Gasteiger partial charge in [0.15, 0.2) is 0 Å². The summed E-state index contributed by atoms with van der Waals surface area (Å²) in [6, 6.07) is 8.57. The second-order valence-corrected chi connectivity index (χ2v) is 3.50. The molecule has 1 aromatic carbocycles. The highest BCUT2D eigenvalue weighted by molar-refractivity contribution is 5.96. The highest BCUT2D eigenvalue weighted by Gasteiger charge is 2.07. The third-order valence-electron chi connectivity index (χ3n) is 2.17. The van der Waals surface area contributed by atoms with Gasteiger partial charge in [-0.2, -0.15) is 0 Å². The van der Waals surface area contributed by atoms with Crippen molar-refractivity contribution in [1.29, 1.82) is 0 Å². The maximum absolute atomic E-state index is 11.6. The summed E-state index contributed by atoms with van der Waals surface area (Å²) in [5.74, 6) is -1.04. The minimum atomic E-state index is -0.414. The number of hydrogen-bond acceptors (Lipinski definition) is 3. The van der Waals surface area contributed by atoms with Crippen LogP contribution in [0, 0.1) is 0 Å². The van der Waals surface area contributed by atoms with Crippen LogP contribution in [-0.4, -0.2) is 37.9 Å². The molecule has 0 fully saturated rings. The van der Waals surface area contributed by atoms with Crippen LogP contribution >= 0.6 is 0 Å². The lowest BCUT2D eigenvalue weighted by molar-refractivity contribution is -0.125. The molecule has 0 bridgehead atoms. The summed E-state index contributed by atoms with van der Waals surface area (Å²) in [4.78, 5) is 33.7. The third-order valence-corrected chi connectivity index (χ3v) is 2.17. The van der Waals surface area contributed by atoms with Gasteiger partial charge in [-0.05, 0) is 12.1 Å². The quantitative estimate of drug-likeness (QED) is 0.643. The van der Waals surface area contributed by atoms with Gasteiger partial charge in [0.05, 0.1) is 13.1 Å². The highest BCUT2D eigenvalue weighted by Crippen LogP contribution is 1.96. The topological polar surface area (TPSA) is 87.3 Å². The zero-order valence-corrected chi connectivity index (χ0v) is 10.0. The third kappa shape index (κ3) is 4.65. The van der Waals surface area contributed by atoms with Crippen LogP contribution in [0.1, 0.15) is 10.4 Å². The smallest absolute Gasteiger partial charge is 0.251 e. The normalized spacial score (nSPS) is 9.39. The van der Waals surface area contributed by atoms with E-state index in [2.05, 4.69) is 16.0 Å². The van der Waals surface area contributed by atoms with E-state index in [1.54, 1.807) is 30.3 Å². The summed E-state index contributed by atoms with van der Waals surface area (Å²) < 4.78 is 0. The van der Waals surface area contributed by atoms with Crippen LogP contribution in [0.4, 0.5) is 0 Å². The Morgan fingerprint density at radius 3 is 2.17 bits per heavy atom. The van der Waals surface area contributed by atoms with Crippen LogP contribution < -0.4 is 16.0 Å². The minimum absolute atomic E-state index is 0.101. The Balaban J connectivity index is 2.31. The largest absolute Gasteiger partial charge is 0.358 e.